The second-order valence-electron chi connectivity index (χ2n) is 2.04. The summed E-state index contributed by atoms with van der Waals surface area (Å²) in [4.78, 5) is 10.2. The first-order chi connectivity index (χ1) is 5.30. The number of carbonyl (C=O) groups is 1. The van der Waals surface area contributed by atoms with Crippen LogP contribution >= 0.6 is 11.6 Å². The SMILES string of the molecule is N=CC(C(Cl)C(N)=O)C(F)(F)F. The lowest BCUT2D eigenvalue weighted by Gasteiger charge is -2.17. The van der Waals surface area contributed by atoms with Gasteiger partial charge in [0.1, 0.15) is 11.3 Å². The van der Waals surface area contributed by atoms with Gasteiger partial charge >= 0.3 is 6.18 Å². The maximum Gasteiger partial charge on any atom is 0.398 e. The Morgan fingerprint density at radius 2 is 2.00 bits per heavy atom. The zero-order valence-electron chi connectivity index (χ0n) is 5.73. The fourth-order valence-corrected chi connectivity index (χ4v) is 0.737. The van der Waals surface area contributed by atoms with E-state index >= 15 is 0 Å². The van der Waals surface area contributed by atoms with Crippen LogP contribution < -0.4 is 5.73 Å². The highest BCUT2D eigenvalue weighted by Gasteiger charge is 2.44. The summed E-state index contributed by atoms with van der Waals surface area (Å²) in [6.07, 6.45) is -4.65. The number of nitrogens with one attached hydrogen (secondary N) is 1. The molecule has 12 heavy (non-hydrogen) atoms. The molecule has 7 heteroatoms. The Bertz CT molecular complexity index is 194. The maximum absolute atomic E-state index is 11.9. The van der Waals surface area contributed by atoms with Gasteiger partial charge in [-0.3, -0.25) is 4.79 Å². The molecule has 0 aliphatic heterocycles. The molecule has 0 bridgehead atoms. The van der Waals surface area contributed by atoms with Crippen molar-refractivity contribution in [1.82, 2.24) is 0 Å². The van der Waals surface area contributed by atoms with E-state index in [4.69, 9.17) is 17.0 Å². The first-order valence-corrected chi connectivity index (χ1v) is 3.25. The summed E-state index contributed by atoms with van der Waals surface area (Å²) >= 11 is 5.02. The summed E-state index contributed by atoms with van der Waals surface area (Å²) in [5.74, 6) is -3.60. The second-order valence-corrected chi connectivity index (χ2v) is 2.51. The minimum Gasteiger partial charge on any atom is -0.368 e. The van der Waals surface area contributed by atoms with Gasteiger partial charge in [0.15, 0.2) is 0 Å². The molecule has 0 aliphatic carbocycles. The Hall–Kier alpha value is -0.780. The van der Waals surface area contributed by atoms with Crippen molar-refractivity contribution in [1.29, 1.82) is 5.41 Å². The number of amides is 1. The number of carbonyl (C=O) groups excluding carboxylic acids is 1. The summed E-state index contributed by atoms with van der Waals surface area (Å²) in [5, 5.41) is 4.49. The van der Waals surface area contributed by atoms with E-state index in [1.807, 2.05) is 0 Å². The van der Waals surface area contributed by atoms with E-state index < -0.39 is 23.4 Å². The summed E-state index contributed by atoms with van der Waals surface area (Å²) in [6.45, 7) is 0. The largest absolute Gasteiger partial charge is 0.398 e. The fraction of sp³-hybridized carbons (Fsp3) is 0.600. The minimum atomic E-state index is -4.71. The predicted octanol–water partition coefficient (Wildman–Crippen LogP) is 0.907. The average Bonchev–Trinajstić information content (AvgIpc) is 1.85. The van der Waals surface area contributed by atoms with Gasteiger partial charge in [0.25, 0.3) is 0 Å². The van der Waals surface area contributed by atoms with Gasteiger partial charge in [-0.05, 0) is 0 Å². The van der Waals surface area contributed by atoms with Crippen molar-refractivity contribution in [3.05, 3.63) is 0 Å². The lowest BCUT2D eigenvalue weighted by Crippen LogP contribution is -2.40. The number of halogens is 4. The van der Waals surface area contributed by atoms with E-state index in [1.165, 1.54) is 0 Å². The van der Waals surface area contributed by atoms with E-state index in [0.717, 1.165) is 0 Å². The first-order valence-electron chi connectivity index (χ1n) is 2.81. The van der Waals surface area contributed by atoms with Crippen LogP contribution in [0.1, 0.15) is 0 Å². The van der Waals surface area contributed by atoms with Crippen LogP contribution in [0.3, 0.4) is 0 Å². The van der Waals surface area contributed by atoms with Crippen molar-refractivity contribution >= 4 is 23.7 Å². The minimum absolute atomic E-state index is 0.0580. The normalized spacial score (nSPS) is 16.7. The molecular weight excluding hydrogens is 197 g/mol. The monoisotopic (exact) mass is 202 g/mol. The van der Waals surface area contributed by atoms with E-state index in [-0.39, 0.29) is 6.21 Å². The Morgan fingerprint density at radius 3 is 2.08 bits per heavy atom. The first kappa shape index (κ1) is 11.2. The van der Waals surface area contributed by atoms with Crippen LogP contribution in [-0.2, 0) is 4.79 Å². The van der Waals surface area contributed by atoms with Crippen LogP contribution in [0.15, 0.2) is 0 Å². The molecule has 2 atom stereocenters. The number of primary amides is 1. The van der Waals surface area contributed by atoms with Gasteiger partial charge in [-0.1, -0.05) is 0 Å². The number of alkyl halides is 4. The molecule has 0 aromatic heterocycles. The third-order valence-electron chi connectivity index (χ3n) is 1.14. The van der Waals surface area contributed by atoms with Crippen molar-refractivity contribution in [2.24, 2.45) is 11.7 Å². The fourth-order valence-electron chi connectivity index (χ4n) is 0.522. The summed E-state index contributed by atoms with van der Waals surface area (Å²) in [7, 11) is 0. The zero-order chi connectivity index (χ0) is 9.94. The van der Waals surface area contributed by atoms with Crippen LogP contribution in [0.25, 0.3) is 0 Å². The lowest BCUT2D eigenvalue weighted by atomic mass is 10.1. The molecule has 3 nitrogen and oxygen atoms in total. The van der Waals surface area contributed by atoms with Crippen LogP contribution in [0.2, 0.25) is 0 Å². The van der Waals surface area contributed by atoms with Crippen LogP contribution in [-0.4, -0.2) is 23.7 Å². The highest BCUT2D eigenvalue weighted by Crippen LogP contribution is 2.29. The topological polar surface area (TPSA) is 66.9 Å². The smallest absolute Gasteiger partial charge is 0.368 e. The van der Waals surface area contributed by atoms with E-state index in [2.05, 4.69) is 5.73 Å². The highest BCUT2D eigenvalue weighted by atomic mass is 35.5. The molecule has 0 radical (unpaired) electrons. The average molecular weight is 203 g/mol. The molecule has 0 rings (SSSR count). The lowest BCUT2D eigenvalue weighted by molar-refractivity contribution is -0.158. The molecular formula is C5H6ClF3N2O. The van der Waals surface area contributed by atoms with Crippen molar-refractivity contribution in [2.45, 2.75) is 11.6 Å². The molecule has 0 spiro atoms. The van der Waals surface area contributed by atoms with Gasteiger partial charge in [0, 0.05) is 6.21 Å². The highest BCUT2D eigenvalue weighted by molar-refractivity contribution is 6.31. The summed E-state index contributed by atoms with van der Waals surface area (Å²) in [5.41, 5.74) is 4.53. The van der Waals surface area contributed by atoms with Crippen molar-refractivity contribution in [2.75, 3.05) is 0 Å². The van der Waals surface area contributed by atoms with Crippen LogP contribution in [0, 0.1) is 11.3 Å². The standard InChI is InChI=1S/C5H6ClF3N2O/c6-3(4(11)12)2(1-10)5(7,8)9/h1-3,10H,(H2,11,12). The Morgan fingerprint density at radius 1 is 1.58 bits per heavy atom. The van der Waals surface area contributed by atoms with Gasteiger partial charge in [0.05, 0.1) is 0 Å². The van der Waals surface area contributed by atoms with Crippen LogP contribution in [0.5, 0.6) is 0 Å². The van der Waals surface area contributed by atoms with Gasteiger partial charge in [0.2, 0.25) is 5.91 Å². The molecule has 0 heterocycles. The molecule has 0 fully saturated rings. The third-order valence-corrected chi connectivity index (χ3v) is 1.63. The predicted molar refractivity (Wildman–Crippen MR) is 37.2 cm³/mol. The number of hydrogen-bond donors (Lipinski definition) is 2. The summed E-state index contributed by atoms with van der Waals surface area (Å²) in [6, 6.07) is 0. The maximum atomic E-state index is 11.9. The van der Waals surface area contributed by atoms with Gasteiger partial charge in [-0.2, -0.15) is 13.2 Å². The van der Waals surface area contributed by atoms with E-state index in [0.29, 0.717) is 0 Å². The molecule has 70 valence electrons. The molecule has 0 saturated carbocycles. The Kier molecular flexibility index (Phi) is 3.51. The summed E-state index contributed by atoms with van der Waals surface area (Å²) < 4.78 is 35.7. The molecule has 0 saturated heterocycles. The molecule has 2 unspecified atom stereocenters. The number of nitrogens with two attached hydrogens (primary N) is 1. The van der Waals surface area contributed by atoms with Crippen molar-refractivity contribution < 1.29 is 18.0 Å². The van der Waals surface area contributed by atoms with E-state index in [1.54, 1.807) is 0 Å². The Balaban J connectivity index is 4.57. The van der Waals surface area contributed by atoms with E-state index in [9.17, 15) is 18.0 Å². The van der Waals surface area contributed by atoms with Gasteiger partial charge in [-0.25, -0.2) is 0 Å². The molecule has 1 amide bonds. The molecule has 0 aromatic rings. The number of rotatable bonds is 3. The third kappa shape index (κ3) is 2.69. The van der Waals surface area contributed by atoms with Gasteiger partial charge < -0.3 is 11.1 Å². The molecule has 0 aliphatic rings. The quantitative estimate of drug-likeness (QED) is 0.518. The molecule has 0 aromatic carbocycles. The van der Waals surface area contributed by atoms with Crippen LogP contribution in [0.4, 0.5) is 13.2 Å². The Labute approximate surface area is 71.2 Å². The number of hydrogen-bond acceptors (Lipinski definition) is 2. The zero-order valence-corrected chi connectivity index (χ0v) is 6.49. The second kappa shape index (κ2) is 3.75. The van der Waals surface area contributed by atoms with Gasteiger partial charge in [-0.15, -0.1) is 11.6 Å². The van der Waals surface area contributed by atoms with Crippen molar-refractivity contribution in [3.63, 3.8) is 0 Å². The molecule has 3 N–H and O–H groups in total. The van der Waals surface area contributed by atoms with Crippen molar-refractivity contribution in [3.8, 4) is 0 Å².